The Balaban J connectivity index is 2.15. The number of halogens is 1. The first-order valence-electron chi connectivity index (χ1n) is 5.75. The van der Waals surface area contributed by atoms with E-state index in [9.17, 15) is 0 Å². The molecule has 0 spiro atoms. The van der Waals surface area contributed by atoms with Crippen molar-refractivity contribution in [1.29, 1.82) is 0 Å². The minimum atomic E-state index is -0.0305. The number of hydrogen-bond acceptors (Lipinski definition) is 3. The average molecular weight is 243 g/mol. The van der Waals surface area contributed by atoms with Crippen LogP contribution in [0, 0.1) is 0 Å². The van der Waals surface area contributed by atoms with E-state index >= 15 is 0 Å². The predicted octanol–water partition coefficient (Wildman–Crippen LogP) is 3.05. The monoisotopic (exact) mass is 242 g/mol. The van der Waals surface area contributed by atoms with Gasteiger partial charge >= 0.3 is 0 Å². The average Bonchev–Trinajstić information content (AvgIpc) is 2.74. The number of aromatic nitrogens is 1. The van der Waals surface area contributed by atoms with E-state index in [0.29, 0.717) is 5.22 Å². The third-order valence-corrected chi connectivity index (χ3v) is 3.51. The molecule has 1 aromatic rings. The van der Waals surface area contributed by atoms with E-state index in [4.69, 9.17) is 21.9 Å². The fourth-order valence-electron chi connectivity index (χ4n) is 1.88. The fraction of sp³-hybridized carbons (Fsp3) is 0.750. The molecule has 1 fully saturated rings. The zero-order valence-corrected chi connectivity index (χ0v) is 10.9. The van der Waals surface area contributed by atoms with Crippen LogP contribution >= 0.6 is 11.6 Å². The Bertz CT molecular complexity index is 388. The van der Waals surface area contributed by atoms with Gasteiger partial charge in [0.15, 0.2) is 0 Å². The zero-order valence-electron chi connectivity index (χ0n) is 10.1. The molecule has 2 N–H and O–H groups in total. The van der Waals surface area contributed by atoms with E-state index in [-0.39, 0.29) is 11.0 Å². The first-order valence-corrected chi connectivity index (χ1v) is 6.13. The van der Waals surface area contributed by atoms with Crippen molar-refractivity contribution in [3.05, 3.63) is 16.5 Å². The number of nitrogens with zero attached hydrogens (tertiary/aromatic N) is 1. The molecule has 0 radical (unpaired) electrons. The summed E-state index contributed by atoms with van der Waals surface area (Å²) >= 11 is 6.03. The summed E-state index contributed by atoms with van der Waals surface area (Å²) in [5.74, 6) is 0. The molecule has 16 heavy (non-hydrogen) atoms. The molecule has 1 aliphatic rings. The minimum Gasteiger partial charge on any atom is -0.344 e. The third-order valence-electron chi connectivity index (χ3n) is 3.22. The molecule has 0 amide bonds. The lowest BCUT2D eigenvalue weighted by atomic mass is 9.88. The summed E-state index contributed by atoms with van der Waals surface area (Å²) in [6.07, 6.45) is 4.09. The second kappa shape index (κ2) is 3.74. The first kappa shape index (κ1) is 11.9. The topological polar surface area (TPSA) is 52.0 Å². The molecule has 0 saturated heterocycles. The third kappa shape index (κ3) is 2.41. The SMILES string of the molecule is CC(C)(C)c1noc(Cl)c1CCC1(N)CC1. The number of nitrogens with two attached hydrogens (primary N) is 1. The number of rotatable bonds is 3. The Morgan fingerprint density at radius 1 is 1.44 bits per heavy atom. The van der Waals surface area contributed by atoms with Gasteiger partial charge in [-0.05, 0) is 37.3 Å². The van der Waals surface area contributed by atoms with Crippen LogP contribution in [0.15, 0.2) is 4.52 Å². The summed E-state index contributed by atoms with van der Waals surface area (Å²) in [5, 5.41) is 4.49. The molecule has 0 bridgehead atoms. The van der Waals surface area contributed by atoms with Crippen LogP contribution in [0.25, 0.3) is 0 Å². The van der Waals surface area contributed by atoms with Crippen molar-refractivity contribution < 1.29 is 4.52 Å². The normalized spacial score (nSPS) is 18.8. The van der Waals surface area contributed by atoms with Gasteiger partial charge in [-0.15, -0.1) is 0 Å². The van der Waals surface area contributed by atoms with Crippen LogP contribution in [-0.2, 0) is 11.8 Å². The molecule has 0 aromatic carbocycles. The van der Waals surface area contributed by atoms with Crippen LogP contribution < -0.4 is 5.73 Å². The van der Waals surface area contributed by atoms with Crippen molar-refractivity contribution in [2.45, 2.75) is 57.4 Å². The molecule has 90 valence electrons. The van der Waals surface area contributed by atoms with Crippen LogP contribution in [0.1, 0.15) is 51.3 Å². The van der Waals surface area contributed by atoms with Crippen molar-refractivity contribution in [2.75, 3.05) is 0 Å². The van der Waals surface area contributed by atoms with Crippen LogP contribution in [0.4, 0.5) is 0 Å². The Morgan fingerprint density at radius 2 is 2.06 bits per heavy atom. The van der Waals surface area contributed by atoms with E-state index in [2.05, 4.69) is 25.9 Å². The summed E-state index contributed by atoms with van der Waals surface area (Å²) in [7, 11) is 0. The molecule has 4 heteroatoms. The lowest BCUT2D eigenvalue weighted by molar-refractivity contribution is 0.394. The van der Waals surface area contributed by atoms with Crippen LogP contribution in [0.3, 0.4) is 0 Å². The molecular formula is C12H19ClN2O. The number of hydrogen-bond donors (Lipinski definition) is 1. The minimum absolute atomic E-state index is 0.0305. The van der Waals surface area contributed by atoms with Crippen LogP contribution in [0.2, 0.25) is 5.22 Å². The summed E-state index contributed by atoms with van der Waals surface area (Å²) in [5.41, 5.74) is 8.09. The van der Waals surface area contributed by atoms with Crippen LogP contribution in [-0.4, -0.2) is 10.7 Å². The van der Waals surface area contributed by atoms with Crippen molar-refractivity contribution in [3.63, 3.8) is 0 Å². The molecule has 1 heterocycles. The summed E-state index contributed by atoms with van der Waals surface area (Å²) < 4.78 is 5.08. The molecule has 1 aliphatic carbocycles. The highest BCUT2D eigenvalue weighted by molar-refractivity contribution is 6.29. The molecule has 2 rings (SSSR count). The van der Waals surface area contributed by atoms with Gasteiger partial charge in [-0.1, -0.05) is 25.9 Å². The van der Waals surface area contributed by atoms with Crippen molar-refractivity contribution in [3.8, 4) is 0 Å². The predicted molar refractivity (Wildman–Crippen MR) is 64.7 cm³/mol. The van der Waals surface area contributed by atoms with E-state index in [1.54, 1.807) is 0 Å². The van der Waals surface area contributed by atoms with E-state index in [0.717, 1.165) is 36.9 Å². The highest BCUT2D eigenvalue weighted by atomic mass is 35.5. The Kier molecular flexibility index (Phi) is 2.79. The fourth-order valence-corrected chi connectivity index (χ4v) is 2.10. The molecule has 0 aliphatic heterocycles. The Labute approximate surface area is 101 Å². The molecule has 3 nitrogen and oxygen atoms in total. The standard InChI is InChI=1S/C12H19ClN2O/c1-11(2,3)9-8(10(13)16-15-9)4-5-12(14)6-7-12/h4-7,14H2,1-3H3. The van der Waals surface area contributed by atoms with E-state index < -0.39 is 0 Å². The van der Waals surface area contributed by atoms with Gasteiger partial charge in [0, 0.05) is 16.5 Å². The largest absolute Gasteiger partial charge is 0.344 e. The molecule has 1 aromatic heterocycles. The summed E-state index contributed by atoms with van der Waals surface area (Å²) in [4.78, 5) is 0. The molecule has 0 atom stereocenters. The van der Waals surface area contributed by atoms with Gasteiger partial charge in [0.25, 0.3) is 0 Å². The second-order valence-electron chi connectivity index (χ2n) is 5.90. The second-order valence-corrected chi connectivity index (χ2v) is 6.24. The quantitative estimate of drug-likeness (QED) is 0.886. The smallest absolute Gasteiger partial charge is 0.229 e. The Morgan fingerprint density at radius 3 is 2.56 bits per heavy atom. The molecule has 0 unspecified atom stereocenters. The van der Waals surface area contributed by atoms with Crippen molar-refractivity contribution in [2.24, 2.45) is 5.73 Å². The van der Waals surface area contributed by atoms with Crippen molar-refractivity contribution >= 4 is 11.6 Å². The maximum absolute atomic E-state index is 6.08. The van der Waals surface area contributed by atoms with Gasteiger partial charge in [0.05, 0.1) is 5.69 Å². The lowest BCUT2D eigenvalue weighted by Crippen LogP contribution is -2.23. The van der Waals surface area contributed by atoms with Crippen molar-refractivity contribution in [1.82, 2.24) is 5.16 Å². The van der Waals surface area contributed by atoms with Gasteiger partial charge in [-0.25, -0.2) is 0 Å². The van der Waals surface area contributed by atoms with E-state index in [1.807, 2.05) is 0 Å². The highest BCUT2D eigenvalue weighted by Crippen LogP contribution is 2.39. The van der Waals surface area contributed by atoms with Gasteiger partial charge in [0.1, 0.15) is 0 Å². The molecular weight excluding hydrogens is 224 g/mol. The molecule has 1 saturated carbocycles. The lowest BCUT2D eigenvalue weighted by Gasteiger charge is -2.17. The van der Waals surface area contributed by atoms with Gasteiger partial charge in [-0.3, -0.25) is 0 Å². The maximum Gasteiger partial charge on any atom is 0.229 e. The highest BCUT2D eigenvalue weighted by Gasteiger charge is 2.38. The summed E-state index contributed by atoms with van der Waals surface area (Å²) in [6.45, 7) is 6.33. The van der Waals surface area contributed by atoms with Gasteiger partial charge in [-0.2, -0.15) is 0 Å². The zero-order chi connectivity index (χ0) is 12.0. The van der Waals surface area contributed by atoms with Gasteiger partial charge < -0.3 is 10.3 Å². The Hall–Kier alpha value is -0.540. The maximum atomic E-state index is 6.08. The first-order chi connectivity index (χ1) is 7.32. The van der Waals surface area contributed by atoms with E-state index in [1.165, 1.54) is 0 Å². The van der Waals surface area contributed by atoms with Crippen LogP contribution in [0.5, 0.6) is 0 Å². The summed E-state index contributed by atoms with van der Waals surface area (Å²) in [6, 6.07) is 0. The van der Waals surface area contributed by atoms with Gasteiger partial charge in [0.2, 0.25) is 5.22 Å².